The molecule has 1 rings (SSSR count). The van der Waals surface area contributed by atoms with Crippen LogP contribution in [-0.2, 0) is 21.2 Å². The first kappa shape index (κ1) is 18.1. The Kier molecular flexibility index (Phi) is 7.88. The van der Waals surface area contributed by atoms with E-state index in [1.807, 2.05) is 19.1 Å². The first-order valence-corrected chi connectivity index (χ1v) is 8.76. The SMILES string of the molecule is CCNCCc1ccc(S(=O)(=O)NCC(C)COC)cc1. The Morgan fingerprint density at radius 1 is 1.24 bits per heavy atom. The second kappa shape index (κ2) is 9.15. The summed E-state index contributed by atoms with van der Waals surface area (Å²) in [6, 6.07) is 7.05. The van der Waals surface area contributed by atoms with Gasteiger partial charge in [0.25, 0.3) is 0 Å². The molecule has 0 saturated heterocycles. The van der Waals surface area contributed by atoms with Crippen molar-refractivity contribution in [1.29, 1.82) is 0 Å². The number of rotatable bonds is 10. The van der Waals surface area contributed by atoms with E-state index in [9.17, 15) is 8.42 Å². The van der Waals surface area contributed by atoms with Crippen molar-refractivity contribution >= 4 is 10.0 Å². The molecule has 0 fully saturated rings. The molecule has 2 N–H and O–H groups in total. The minimum absolute atomic E-state index is 0.143. The van der Waals surface area contributed by atoms with Crippen molar-refractivity contribution in [2.45, 2.75) is 25.2 Å². The van der Waals surface area contributed by atoms with E-state index in [2.05, 4.69) is 17.0 Å². The highest BCUT2D eigenvalue weighted by Gasteiger charge is 2.14. The lowest BCUT2D eigenvalue weighted by molar-refractivity contribution is 0.161. The third-order valence-electron chi connectivity index (χ3n) is 3.15. The average Bonchev–Trinajstić information content (AvgIpc) is 2.46. The van der Waals surface area contributed by atoms with E-state index < -0.39 is 10.0 Å². The van der Waals surface area contributed by atoms with Crippen LogP contribution in [0, 0.1) is 5.92 Å². The Morgan fingerprint density at radius 2 is 1.90 bits per heavy atom. The fourth-order valence-electron chi connectivity index (χ4n) is 1.92. The van der Waals surface area contributed by atoms with Gasteiger partial charge in [0.05, 0.1) is 4.90 Å². The van der Waals surface area contributed by atoms with Crippen molar-refractivity contribution in [3.05, 3.63) is 29.8 Å². The number of ether oxygens (including phenoxy) is 1. The van der Waals surface area contributed by atoms with Gasteiger partial charge in [0.15, 0.2) is 0 Å². The number of hydrogen-bond acceptors (Lipinski definition) is 4. The number of nitrogens with one attached hydrogen (secondary N) is 2. The number of likely N-dealkylation sites (N-methyl/N-ethyl adjacent to an activating group) is 1. The Labute approximate surface area is 128 Å². The fraction of sp³-hybridized carbons (Fsp3) is 0.600. The maximum absolute atomic E-state index is 12.1. The predicted molar refractivity (Wildman–Crippen MR) is 84.9 cm³/mol. The summed E-state index contributed by atoms with van der Waals surface area (Å²) in [7, 11) is -1.83. The maximum atomic E-state index is 12.1. The summed E-state index contributed by atoms with van der Waals surface area (Å²) >= 11 is 0. The van der Waals surface area contributed by atoms with Crippen LogP contribution < -0.4 is 10.0 Å². The lowest BCUT2D eigenvalue weighted by atomic mass is 10.1. The Balaban J connectivity index is 2.58. The molecular weight excluding hydrogens is 288 g/mol. The highest BCUT2D eigenvalue weighted by atomic mass is 32.2. The van der Waals surface area contributed by atoms with E-state index in [0.29, 0.717) is 18.0 Å². The van der Waals surface area contributed by atoms with Gasteiger partial charge in [-0.25, -0.2) is 13.1 Å². The summed E-state index contributed by atoms with van der Waals surface area (Å²) in [5, 5.41) is 3.24. The van der Waals surface area contributed by atoms with Crippen LogP contribution in [0.3, 0.4) is 0 Å². The van der Waals surface area contributed by atoms with Gasteiger partial charge in [-0.2, -0.15) is 0 Å². The minimum Gasteiger partial charge on any atom is -0.384 e. The van der Waals surface area contributed by atoms with Crippen LogP contribution in [0.15, 0.2) is 29.2 Å². The summed E-state index contributed by atoms with van der Waals surface area (Å²) in [5.41, 5.74) is 1.13. The van der Waals surface area contributed by atoms with Gasteiger partial charge in [-0.05, 0) is 43.1 Å². The first-order chi connectivity index (χ1) is 9.99. The summed E-state index contributed by atoms with van der Waals surface area (Å²) in [6.07, 6.45) is 0.895. The highest BCUT2D eigenvalue weighted by molar-refractivity contribution is 7.89. The lowest BCUT2D eigenvalue weighted by Gasteiger charge is -2.12. The molecule has 5 nitrogen and oxygen atoms in total. The van der Waals surface area contributed by atoms with E-state index in [4.69, 9.17) is 4.74 Å². The Bertz CT molecular complexity index is 500. The van der Waals surface area contributed by atoms with E-state index in [-0.39, 0.29) is 5.92 Å². The van der Waals surface area contributed by atoms with Crippen LogP contribution in [0.5, 0.6) is 0 Å². The lowest BCUT2D eigenvalue weighted by Crippen LogP contribution is -2.30. The second-order valence-electron chi connectivity index (χ2n) is 5.16. The third kappa shape index (κ3) is 6.56. The molecule has 1 unspecified atom stereocenters. The van der Waals surface area contributed by atoms with E-state index in [1.165, 1.54) is 0 Å². The number of hydrogen-bond donors (Lipinski definition) is 2. The fourth-order valence-corrected chi connectivity index (χ4v) is 3.09. The second-order valence-corrected chi connectivity index (χ2v) is 6.93. The molecule has 1 aromatic carbocycles. The quantitative estimate of drug-likeness (QED) is 0.641. The van der Waals surface area contributed by atoms with Crippen LogP contribution >= 0.6 is 0 Å². The monoisotopic (exact) mass is 314 g/mol. The molecule has 120 valence electrons. The number of methoxy groups -OCH3 is 1. The van der Waals surface area contributed by atoms with Crippen LogP contribution in [-0.4, -0.2) is 41.8 Å². The molecule has 1 atom stereocenters. The molecule has 0 heterocycles. The normalized spacial score (nSPS) is 13.3. The summed E-state index contributed by atoms with van der Waals surface area (Å²) in [5.74, 6) is 0.143. The van der Waals surface area contributed by atoms with Crippen molar-refractivity contribution in [2.75, 3.05) is 33.4 Å². The highest BCUT2D eigenvalue weighted by Crippen LogP contribution is 2.11. The zero-order valence-electron chi connectivity index (χ0n) is 13.1. The minimum atomic E-state index is -3.44. The first-order valence-electron chi connectivity index (χ1n) is 7.28. The smallest absolute Gasteiger partial charge is 0.240 e. The predicted octanol–water partition coefficient (Wildman–Crippen LogP) is 1.40. The van der Waals surface area contributed by atoms with Crippen molar-refractivity contribution in [2.24, 2.45) is 5.92 Å². The van der Waals surface area contributed by atoms with Gasteiger partial charge in [-0.3, -0.25) is 0 Å². The maximum Gasteiger partial charge on any atom is 0.240 e. The van der Waals surface area contributed by atoms with Crippen molar-refractivity contribution < 1.29 is 13.2 Å². The zero-order chi connectivity index (χ0) is 15.7. The average molecular weight is 314 g/mol. The van der Waals surface area contributed by atoms with Crippen LogP contribution in [0.1, 0.15) is 19.4 Å². The zero-order valence-corrected chi connectivity index (χ0v) is 13.9. The largest absolute Gasteiger partial charge is 0.384 e. The number of sulfonamides is 1. The molecule has 0 saturated carbocycles. The van der Waals surface area contributed by atoms with Crippen molar-refractivity contribution in [1.82, 2.24) is 10.0 Å². The molecule has 6 heteroatoms. The van der Waals surface area contributed by atoms with Gasteiger partial charge in [0.2, 0.25) is 10.0 Å². The molecule has 1 aromatic rings. The summed E-state index contributed by atoms with van der Waals surface area (Å²) < 4.78 is 31.9. The molecule has 0 aliphatic heterocycles. The molecule has 0 bridgehead atoms. The number of benzene rings is 1. The van der Waals surface area contributed by atoms with Gasteiger partial charge in [0, 0.05) is 20.3 Å². The van der Waals surface area contributed by atoms with Gasteiger partial charge < -0.3 is 10.1 Å². The molecule has 0 aliphatic carbocycles. The molecule has 0 amide bonds. The Hall–Kier alpha value is -0.950. The Morgan fingerprint density at radius 3 is 2.48 bits per heavy atom. The van der Waals surface area contributed by atoms with Crippen LogP contribution in [0.25, 0.3) is 0 Å². The van der Waals surface area contributed by atoms with Crippen molar-refractivity contribution in [3.63, 3.8) is 0 Å². The van der Waals surface area contributed by atoms with Gasteiger partial charge in [0.1, 0.15) is 0 Å². The van der Waals surface area contributed by atoms with Gasteiger partial charge in [-0.15, -0.1) is 0 Å². The molecular formula is C15H26N2O3S. The molecule has 0 aliphatic rings. The van der Waals surface area contributed by atoms with Gasteiger partial charge >= 0.3 is 0 Å². The summed E-state index contributed by atoms with van der Waals surface area (Å²) in [6.45, 7) is 6.75. The molecule has 0 radical (unpaired) electrons. The van der Waals surface area contributed by atoms with Crippen LogP contribution in [0.2, 0.25) is 0 Å². The van der Waals surface area contributed by atoms with Crippen molar-refractivity contribution in [3.8, 4) is 0 Å². The molecule has 0 spiro atoms. The topological polar surface area (TPSA) is 67.4 Å². The van der Waals surface area contributed by atoms with E-state index in [0.717, 1.165) is 25.1 Å². The molecule has 21 heavy (non-hydrogen) atoms. The van der Waals surface area contributed by atoms with E-state index >= 15 is 0 Å². The standard InChI is InChI=1S/C15H26N2O3S/c1-4-16-10-9-14-5-7-15(8-6-14)21(18,19)17-11-13(2)12-20-3/h5-8,13,16-17H,4,9-12H2,1-3H3. The van der Waals surface area contributed by atoms with Gasteiger partial charge in [-0.1, -0.05) is 26.0 Å². The molecule has 0 aromatic heterocycles. The third-order valence-corrected chi connectivity index (χ3v) is 4.59. The summed E-state index contributed by atoms with van der Waals surface area (Å²) in [4.78, 5) is 0.305. The van der Waals surface area contributed by atoms with Crippen LogP contribution in [0.4, 0.5) is 0 Å². The van der Waals surface area contributed by atoms with E-state index in [1.54, 1.807) is 19.2 Å².